The molecule has 0 saturated carbocycles. The Bertz CT molecular complexity index is 286. The molecule has 18 heavy (non-hydrogen) atoms. The molecule has 0 aromatic rings. The lowest BCUT2D eigenvalue weighted by Gasteiger charge is -2.16. The number of ether oxygens (including phenoxy) is 3. The molecule has 0 aliphatic carbocycles. The fourth-order valence-corrected chi connectivity index (χ4v) is 1.10. The van der Waals surface area contributed by atoms with Crippen molar-refractivity contribution in [2.45, 2.75) is 46.1 Å². The van der Waals surface area contributed by atoms with Gasteiger partial charge in [-0.1, -0.05) is 13.8 Å². The molecule has 1 unspecified atom stereocenters. The number of hydrogen-bond acceptors (Lipinski definition) is 6. The van der Waals surface area contributed by atoms with E-state index in [2.05, 4.69) is 0 Å². The molecular formula is C12H20O6. The van der Waals surface area contributed by atoms with Crippen LogP contribution in [0.3, 0.4) is 0 Å². The summed E-state index contributed by atoms with van der Waals surface area (Å²) < 4.78 is 14.6. The molecule has 6 nitrogen and oxygen atoms in total. The molecular weight excluding hydrogens is 240 g/mol. The van der Waals surface area contributed by atoms with E-state index in [0.717, 1.165) is 0 Å². The van der Waals surface area contributed by atoms with Gasteiger partial charge in [-0.05, 0) is 6.42 Å². The van der Waals surface area contributed by atoms with Crippen LogP contribution in [0, 0.1) is 0 Å². The first-order chi connectivity index (χ1) is 8.49. The summed E-state index contributed by atoms with van der Waals surface area (Å²) in [5, 5.41) is 0. The van der Waals surface area contributed by atoms with Crippen molar-refractivity contribution in [1.82, 2.24) is 0 Å². The zero-order valence-electron chi connectivity index (χ0n) is 11.1. The Hall–Kier alpha value is -1.59. The van der Waals surface area contributed by atoms with Gasteiger partial charge in [-0.2, -0.15) is 0 Å². The highest BCUT2D eigenvalue weighted by atomic mass is 16.6. The van der Waals surface area contributed by atoms with Crippen LogP contribution in [0.5, 0.6) is 0 Å². The quantitative estimate of drug-likeness (QED) is 0.482. The molecule has 0 bridgehead atoms. The van der Waals surface area contributed by atoms with Crippen LogP contribution in [0.15, 0.2) is 0 Å². The van der Waals surface area contributed by atoms with Crippen molar-refractivity contribution in [3.05, 3.63) is 0 Å². The van der Waals surface area contributed by atoms with Gasteiger partial charge in [0.1, 0.15) is 13.2 Å². The number of carbonyl (C=O) groups excluding carboxylic acids is 3. The number of esters is 3. The maximum atomic E-state index is 11.2. The summed E-state index contributed by atoms with van der Waals surface area (Å²) in [6, 6.07) is 0. The molecule has 0 radical (unpaired) electrons. The smallest absolute Gasteiger partial charge is 0.305 e. The number of hydrogen-bond donors (Lipinski definition) is 0. The van der Waals surface area contributed by atoms with Crippen LogP contribution in [0.4, 0.5) is 0 Å². The minimum absolute atomic E-state index is 0.102. The van der Waals surface area contributed by atoms with E-state index in [1.807, 2.05) is 6.92 Å². The highest BCUT2D eigenvalue weighted by Crippen LogP contribution is 2.00. The highest BCUT2D eigenvalue weighted by Gasteiger charge is 2.16. The Morgan fingerprint density at radius 2 is 1.56 bits per heavy atom. The first-order valence-corrected chi connectivity index (χ1v) is 5.98. The maximum absolute atomic E-state index is 11.2. The molecule has 0 fully saturated rings. The predicted octanol–water partition coefficient (Wildman–Crippen LogP) is 1.21. The van der Waals surface area contributed by atoms with Gasteiger partial charge < -0.3 is 14.2 Å². The van der Waals surface area contributed by atoms with E-state index >= 15 is 0 Å². The number of rotatable bonds is 8. The van der Waals surface area contributed by atoms with Crippen LogP contribution in [0.1, 0.15) is 40.0 Å². The van der Waals surface area contributed by atoms with E-state index in [0.29, 0.717) is 12.8 Å². The van der Waals surface area contributed by atoms with E-state index in [9.17, 15) is 14.4 Å². The van der Waals surface area contributed by atoms with E-state index in [1.165, 1.54) is 6.92 Å². The van der Waals surface area contributed by atoms with Crippen molar-refractivity contribution in [3.8, 4) is 0 Å². The first-order valence-electron chi connectivity index (χ1n) is 5.98. The van der Waals surface area contributed by atoms with Crippen LogP contribution in [0.2, 0.25) is 0 Å². The van der Waals surface area contributed by atoms with E-state index in [1.54, 1.807) is 6.92 Å². The lowest BCUT2D eigenvalue weighted by Crippen LogP contribution is -2.30. The minimum atomic E-state index is -0.751. The lowest BCUT2D eigenvalue weighted by atomic mass is 10.3. The summed E-state index contributed by atoms with van der Waals surface area (Å²) in [5.41, 5.74) is 0. The second-order valence-electron chi connectivity index (χ2n) is 3.70. The Morgan fingerprint density at radius 1 is 1.00 bits per heavy atom. The van der Waals surface area contributed by atoms with Gasteiger partial charge in [0.05, 0.1) is 0 Å². The van der Waals surface area contributed by atoms with Crippen LogP contribution in [0.25, 0.3) is 0 Å². The largest absolute Gasteiger partial charge is 0.462 e. The first kappa shape index (κ1) is 16.4. The normalized spacial score (nSPS) is 11.5. The summed E-state index contributed by atoms with van der Waals surface area (Å²) in [4.78, 5) is 33.0. The predicted molar refractivity (Wildman–Crippen MR) is 62.7 cm³/mol. The Kier molecular flexibility index (Phi) is 8.61. The van der Waals surface area contributed by atoms with Gasteiger partial charge in [-0.25, -0.2) is 0 Å². The maximum Gasteiger partial charge on any atom is 0.305 e. The molecule has 0 rings (SSSR count). The van der Waals surface area contributed by atoms with Crippen molar-refractivity contribution < 1.29 is 28.6 Å². The Balaban J connectivity index is 4.10. The molecule has 0 aromatic heterocycles. The third kappa shape index (κ3) is 8.55. The summed E-state index contributed by atoms with van der Waals surface area (Å²) in [5.74, 6) is -1.28. The standard InChI is InChI=1S/C12H20O6/c1-4-6-12(15)17-8-10(18-9(3)13)7-16-11(14)5-2/h10H,4-8H2,1-3H3. The zero-order chi connectivity index (χ0) is 14.0. The van der Waals surface area contributed by atoms with Gasteiger partial charge in [-0.15, -0.1) is 0 Å². The topological polar surface area (TPSA) is 78.9 Å². The highest BCUT2D eigenvalue weighted by molar-refractivity contribution is 5.70. The van der Waals surface area contributed by atoms with Crippen molar-refractivity contribution in [3.63, 3.8) is 0 Å². The van der Waals surface area contributed by atoms with Gasteiger partial charge in [0.15, 0.2) is 6.10 Å². The third-order valence-corrected chi connectivity index (χ3v) is 1.94. The van der Waals surface area contributed by atoms with E-state index in [-0.39, 0.29) is 25.6 Å². The van der Waals surface area contributed by atoms with Crippen LogP contribution >= 0.6 is 0 Å². The monoisotopic (exact) mass is 260 g/mol. The van der Waals surface area contributed by atoms with E-state index < -0.39 is 18.0 Å². The van der Waals surface area contributed by atoms with Gasteiger partial charge >= 0.3 is 17.9 Å². The van der Waals surface area contributed by atoms with E-state index in [4.69, 9.17) is 14.2 Å². The molecule has 104 valence electrons. The fraction of sp³-hybridized carbons (Fsp3) is 0.750. The third-order valence-electron chi connectivity index (χ3n) is 1.94. The molecule has 0 saturated heterocycles. The molecule has 0 aliphatic heterocycles. The SMILES string of the molecule is CCCC(=O)OCC(COC(=O)CC)OC(C)=O. The van der Waals surface area contributed by atoms with Crippen molar-refractivity contribution >= 4 is 17.9 Å². The fourth-order valence-electron chi connectivity index (χ4n) is 1.10. The molecule has 0 spiro atoms. The molecule has 0 N–H and O–H groups in total. The molecule has 0 aliphatic rings. The second-order valence-corrected chi connectivity index (χ2v) is 3.70. The summed E-state index contributed by atoms with van der Waals surface area (Å²) in [7, 11) is 0. The van der Waals surface area contributed by atoms with Crippen molar-refractivity contribution in [2.24, 2.45) is 0 Å². The lowest BCUT2D eigenvalue weighted by molar-refractivity contribution is -0.165. The van der Waals surface area contributed by atoms with Crippen LogP contribution in [-0.4, -0.2) is 37.2 Å². The molecule has 0 amide bonds. The number of carbonyl (C=O) groups is 3. The average Bonchev–Trinajstić information content (AvgIpc) is 2.32. The van der Waals surface area contributed by atoms with Crippen LogP contribution in [-0.2, 0) is 28.6 Å². The molecule has 6 heteroatoms. The Labute approximate surface area is 107 Å². The van der Waals surface area contributed by atoms with Gasteiger partial charge in [-0.3, -0.25) is 14.4 Å². The minimum Gasteiger partial charge on any atom is -0.462 e. The molecule has 1 atom stereocenters. The summed E-state index contributed by atoms with van der Waals surface area (Å²) >= 11 is 0. The average molecular weight is 260 g/mol. The van der Waals surface area contributed by atoms with Gasteiger partial charge in [0, 0.05) is 19.8 Å². The Morgan fingerprint density at radius 3 is 2.00 bits per heavy atom. The summed E-state index contributed by atoms with van der Waals surface area (Å²) in [6.07, 6.45) is 0.477. The van der Waals surface area contributed by atoms with Crippen molar-refractivity contribution in [2.75, 3.05) is 13.2 Å². The summed E-state index contributed by atoms with van der Waals surface area (Å²) in [6.45, 7) is 4.54. The second kappa shape index (κ2) is 9.44. The van der Waals surface area contributed by atoms with Crippen LogP contribution < -0.4 is 0 Å². The zero-order valence-corrected chi connectivity index (χ0v) is 11.1. The van der Waals surface area contributed by atoms with Gasteiger partial charge in [0.25, 0.3) is 0 Å². The molecule has 0 aromatic carbocycles. The molecule has 0 heterocycles. The van der Waals surface area contributed by atoms with Crippen molar-refractivity contribution in [1.29, 1.82) is 0 Å². The van der Waals surface area contributed by atoms with Gasteiger partial charge in [0.2, 0.25) is 0 Å².